The largest absolute Gasteiger partial charge is 0.453 e. The molecule has 2 amide bonds. The van der Waals surface area contributed by atoms with E-state index in [0.29, 0.717) is 6.42 Å². The number of hydrogen-bond donors (Lipinski definition) is 1. The number of aliphatic hydroxyl groups excluding tert-OH is 1. The summed E-state index contributed by atoms with van der Waals surface area (Å²) in [5.41, 5.74) is 0.720. The molecule has 0 bridgehead atoms. The molecular formula is C32H45NO8. The number of imide groups is 1. The molecular weight excluding hydrogens is 526 g/mol. The van der Waals surface area contributed by atoms with Gasteiger partial charge in [0, 0.05) is 20.0 Å². The van der Waals surface area contributed by atoms with Crippen LogP contribution in [-0.2, 0) is 35.1 Å². The lowest BCUT2D eigenvalue weighted by atomic mass is 9.89. The molecule has 9 heteroatoms. The molecule has 0 aliphatic carbocycles. The van der Waals surface area contributed by atoms with Crippen LogP contribution < -0.4 is 0 Å². The third-order valence-electron chi connectivity index (χ3n) is 7.23. The first kappa shape index (κ1) is 33.9. The Bertz CT molecular complexity index is 1040. The number of benzene rings is 1. The molecule has 0 saturated carbocycles. The molecule has 1 aromatic rings. The van der Waals surface area contributed by atoms with Crippen molar-refractivity contribution in [3.63, 3.8) is 0 Å². The molecule has 0 spiro atoms. The normalized spacial score (nSPS) is 16.6. The van der Waals surface area contributed by atoms with Crippen molar-refractivity contribution in [2.24, 2.45) is 11.8 Å². The van der Waals surface area contributed by atoms with Gasteiger partial charge in [0.2, 0.25) is 5.91 Å². The molecule has 9 nitrogen and oxygen atoms in total. The summed E-state index contributed by atoms with van der Waals surface area (Å²) in [6.45, 7) is 5.15. The highest BCUT2D eigenvalue weighted by molar-refractivity contribution is 6.04. The Hall–Kier alpha value is -3.33. The molecule has 1 aromatic carbocycles. The number of cyclic esters (lactones) is 1. The first-order valence-electron chi connectivity index (χ1n) is 14.7. The van der Waals surface area contributed by atoms with Crippen LogP contribution in [0.25, 0.3) is 0 Å². The van der Waals surface area contributed by atoms with Gasteiger partial charge in [0.1, 0.15) is 6.61 Å². The van der Waals surface area contributed by atoms with Crippen LogP contribution in [0.15, 0.2) is 42.5 Å². The number of aliphatic hydroxyl groups is 1. The molecule has 1 aliphatic rings. The number of unbranched alkanes of at least 4 members (excludes halogenated alkanes) is 7. The molecule has 1 heterocycles. The van der Waals surface area contributed by atoms with Crippen molar-refractivity contribution in [2.75, 3.05) is 13.2 Å². The zero-order chi connectivity index (χ0) is 30.2. The quantitative estimate of drug-likeness (QED) is 0.140. The van der Waals surface area contributed by atoms with Crippen LogP contribution in [0.5, 0.6) is 0 Å². The van der Waals surface area contributed by atoms with Crippen LogP contribution in [0, 0.1) is 11.8 Å². The first-order chi connectivity index (χ1) is 19.6. The van der Waals surface area contributed by atoms with Gasteiger partial charge in [-0.1, -0.05) is 82.7 Å². The van der Waals surface area contributed by atoms with E-state index >= 15 is 0 Å². The minimum absolute atomic E-state index is 0.0414. The summed E-state index contributed by atoms with van der Waals surface area (Å²) < 4.78 is 10.5. The fourth-order valence-electron chi connectivity index (χ4n) is 4.89. The molecule has 41 heavy (non-hydrogen) atoms. The van der Waals surface area contributed by atoms with E-state index in [-0.39, 0.29) is 37.8 Å². The van der Waals surface area contributed by atoms with E-state index in [1.807, 2.05) is 19.9 Å². The van der Waals surface area contributed by atoms with Gasteiger partial charge in [-0.3, -0.25) is 19.2 Å². The van der Waals surface area contributed by atoms with E-state index in [0.717, 1.165) is 68.4 Å². The number of esters is 1. The van der Waals surface area contributed by atoms with Gasteiger partial charge in [-0.15, -0.1) is 0 Å². The second kappa shape index (κ2) is 18.2. The third kappa shape index (κ3) is 11.6. The topological polar surface area (TPSA) is 127 Å². The van der Waals surface area contributed by atoms with Crippen molar-refractivity contribution in [3.8, 4) is 0 Å². The number of ketones is 2. The monoisotopic (exact) mass is 571 g/mol. The molecule has 226 valence electrons. The summed E-state index contributed by atoms with van der Waals surface area (Å²) in [6.07, 6.45) is 8.03. The Labute approximate surface area is 243 Å². The summed E-state index contributed by atoms with van der Waals surface area (Å²) in [4.78, 5) is 65.3. The van der Waals surface area contributed by atoms with Crippen molar-refractivity contribution in [2.45, 2.75) is 97.1 Å². The molecule has 1 aliphatic heterocycles. The first-order valence-corrected chi connectivity index (χ1v) is 14.7. The number of ether oxygens (including phenoxy) is 2. The molecule has 2 rings (SSSR count). The Morgan fingerprint density at radius 3 is 2.17 bits per heavy atom. The van der Waals surface area contributed by atoms with Crippen molar-refractivity contribution in [1.82, 2.24) is 4.90 Å². The van der Waals surface area contributed by atoms with Gasteiger partial charge in [0.15, 0.2) is 17.7 Å². The fourth-order valence-corrected chi connectivity index (χ4v) is 4.89. The van der Waals surface area contributed by atoms with Crippen LogP contribution in [0.3, 0.4) is 0 Å². The van der Waals surface area contributed by atoms with E-state index in [9.17, 15) is 24.0 Å². The van der Waals surface area contributed by atoms with Gasteiger partial charge in [0.25, 0.3) is 0 Å². The van der Waals surface area contributed by atoms with E-state index < -0.39 is 41.8 Å². The number of allylic oxidation sites excluding steroid dienone is 1. The zero-order valence-electron chi connectivity index (χ0n) is 24.6. The minimum atomic E-state index is -1.52. The van der Waals surface area contributed by atoms with Gasteiger partial charge < -0.3 is 14.6 Å². The summed E-state index contributed by atoms with van der Waals surface area (Å²) in [5.74, 6) is -3.62. The average Bonchev–Trinajstić information content (AvgIpc) is 3.34. The average molecular weight is 572 g/mol. The van der Waals surface area contributed by atoms with Gasteiger partial charge in [-0.05, 0) is 42.9 Å². The number of rotatable bonds is 19. The van der Waals surface area contributed by atoms with Crippen LogP contribution in [0.2, 0.25) is 0 Å². The zero-order valence-corrected chi connectivity index (χ0v) is 24.6. The fraction of sp³-hybridized carbons (Fsp3) is 0.594. The van der Waals surface area contributed by atoms with Crippen molar-refractivity contribution in [1.29, 1.82) is 0 Å². The SMILES string of the molecule is CC(=O)O[C@@H](C(=O)C=CC(=O)CCCCCCCCCCO)[C@@H](Cc1ccccc1)C(=O)N1C(=O)OC[C@H]1C(C)C. The number of amides is 2. The summed E-state index contributed by atoms with van der Waals surface area (Å²) in [5, 5.41) is 8.82. The lowest BCUT2D eigenvalue weighted by Crippen LogP contribution is -2.50. The van der Waals surface area contributed by atoms with E-state index in [2.05, 4.69) is 0 Å². The van der Waals surface area contributed by atoms with Gasteiger partial charge in [-0.2, -0.15) is 0 Å². The number of carbonyl (C=O) groups is 5. The van der Waals surface area contributed by atoms with Crippen LogP contribution in [0.4, 0.5) is 4.79 Å². The smallest absolute Gasteiger partial charge is 0.416 e. The van der Waals surface area contributed by atoms with Crippen LogP contribution in [0.1, 0.15) is 84.1 Å². The Balaban J connectivity index is 2.11. The second-order valence-electron chi connectivity index (χ2n) is 10.9. The number of hydrogen-bond acceptors (Lipinski definition) is 8. The van der Waals surface area contributed by atoms with Gasteiger partial charge in [0.05, 0.1) is 12.0 Å². The molecule has 0 aromatic heterocycles. The number of carbonyl (C=O) groups excluding carboxylic acids is 5. The molecule has 3 atom stereocenters. The van der Waals surface area contributed by atoms with Crippen LogP contribution >= 0.6 is 0 Å². The summed E-state index contributed by atoms with van der Waals surface area (Å²) in [7, 11) is 0. The van der Waals surface area contributed by atoms with E-state index in [1.165, 1.54) is 6.08 Å². The maximum atomic E-state index is 13.8. The molecule has 1 saturated heterocycles. The maximum Gasteiger partial charge on any atom is 0.416 e. The summed E-state index contributed by atoms with van der Waals surface area (Å²) >= 11 is 0. The highest BCUT2D eigenvalue weighted by atomic mass is 16.6. The Morgan fingerprint density at radius 1 is 0.976 bits per heavy atom. The Morgan fingerprint density at radius 2 is 1.59 bits per heavy atom. The standard InChI is InChI=1S/C32H45NO8/c1-23(2)28-22-40-32(39)33(28)31(38)27(21-25-15-11-10-12-16-25)30(41-24(3)35)29(37)19-18-26(36)17-13-8-6-4-5-7-9-14-20-34/h10-12,15-16,18-19,23,27-28,30,34H,4-9,13-14,17,20-22H2,1-3H3/t27-,28+,30-/m1/s1. The Kier molecular flexibility index (Phi) is 15.0. The predicted octanol–water partition coefficient (Wildman–Crippen LogP) is 4.98. The second-order valence-corrected chi connectivity index (χ2v) is 10.9. The molecule has 1 fully saturated rings. The highest BCUT2D eigenvalue weighted by Gasteiger charge is 2.46. The summed E-state index contributed by atoms with van der Waals surface area (Å²) in [6, 6.07) is 8.44. The van der Waals surface area contributed by atoms with Crippen LogP contribution in [-0.4, -0.2) is 64.9 Å². The lowest BCUT2D eigenvalue weighted by molar-refractivity contribution is -0.159. The third-order valence-corrected chi connectivity index (χ3v) is 7.23. The highest BCUT2D eigenvalue weighted by Crippen LogP contribution is 2.27. The van der Waals surface area contributed by atoms with Crippen molar-refractivity contribution in [3.05, 3.63) is 48.0 Å². The predicted molar refractivity (Wildman–Crippen MR) is 154 cm³/mol. The van der Waals surface area contributed by atoms with E-state index in [1.54, 1.807) is 24.3 Å². The molecule has 1 N–H and O–H groups in total. The molecule has 0 radical (unpaired) electrons. The lowest BCUT2D eigenvalue weighted by Gasteiger charge is -2.30. The molecule has 0 unspecified atom stereocenters. The maximum absolute atomic E-state index is 13.8. The van der Waals surface area contributed by atoms with Crippen molar-refractivity contribution < 1.29 is 38.6 Å². The minimum Gasteiger partial charge on any atom is -0.453 e. The van der Waals surface area contributed by atoms with Gasteiger partial charge >= 0.3 is 12.1 Å². The van der Waals surface area contributed by atoms with Gasteiger partial charge in [-0.25, -0.2) is 9.69 Å². The number of nitrogens with zero attached hydrogens (tertiary/aromatic N) is 1. The van der Waals surface area contributed by atoms with E-state index in [4.69, 9.17) is 14.6 Å². The van der Waals surface area contributed by atoms with Crippen molar-refractivity contribution >= 4 is 29.5 Å².